The number of piperazine rings is 1. The maximum absolute atomic E-state index is 12.2. The molecule has 1 aliphatic heterocycles. The van der Waals surface area contributed by atoms with Crippen LogP contribution in [0, 0.1) is 11.3 Å². The highest BCUT2D eigenvalue weighted by atomic mass is 32.2. The average molecular weight is 349 g/mol. The second-order valence-corrected chi connectivity index (χ2v) is 6.84. The van der Waals surface area contributed by atoms with Crippen LogP contribution in [0.5, 0.6) is 0 Å². The molecule has 0 bridgehead atoms. The number of nitrogens with two attached hydrogens (primary N) is 1. The van der Waals surface area contributed by atoms with Gasteiger partial charge in [0.05, 0.1) is 4.90 Å². The van der Waals surface area contributed by atoms with Gasteiger partial charge in [-0.1, -0.05) is 12.1 Å². The van der Waals surface area contributed by atoms with Gasteiger partial charge in [-0.2, -0.15) is 5.26 Å². The first-order chi connectivity index (χ1) is 11.4. The number of primary sulfonamides is 1. The van der Waals surface area contributed by atoms with E-state index in [2.05, 4.69) is 10.6 Å². The molecule has 1 heterocycles. The van der Waals surface area contributed by atoms with Crippen LogP contribution in [-0.4, -0.2) is 45.4 Å². The third-order valence-electron chi connectivity index (χ3n) is 3.56. The molecule has 1 saturated heterocycles. The number of carbonyl (C=O) groups is 1. The Morgan fingerprint density at radius 1 is 1.33 bits per heavy atom. The first kappa shape index (κ1) is 17.9. The van der Waals surface area contributed by atoms with Crippen LogP contribution < -0.4 is 15.8 Å². The normalized spacial score (nSPS) is 15.7. The minimum atomic E-state index is -3.71. The quantitative estimate of drug-likeness (QED) is 0.474. The number of benzene rings is 1. The van der Waals surface area contributed by atoms with Crippen LogP contribution in [0.4, 0.5) is 0 Å². The molecular weight excluding hydrogens is 330 g/mol. The molecule has 24 heavy (non-hydrogen) atoms. The molecule has 0 aromatic heterocycles. The van der Waals surface area contributed by atoms with Crippen molar-refractivity contribution in [2.45, 2.75) is 11.4 Å². The van der Waals surface area contributed by atoms with Crippen molar-refractivity contribution in [2.75, 3.05) is 26.2 Å². The lowest BCUT2D eigenvalue weighted by Gasteiger charge is -2.27. The van der Waals surface area contributed by atoms with Crippen molar-refractivity contribution < 1.29 is 13.2 Å². The summed E-state index contributed by atoms with van der Waals surface area (Å²) in [6, 6.07) is 7.96. The van der Waals surface area contributed by atoms with Crippen molar-refractivity contribution in [2.24, 2.45) is 5.14 Å². The van der Waals surface area contributed by atoms with E-state index >= 15 is 0 Å². The highest BCUT2D eigenvalue weighted by Gasteiger charge is 2.19. The van der Waals surface area contributed by atoms with Gasteiger partial charge in [0.1, 0.15) is 11.6 Å². The third kappa shape index (κ3) is 4.79. The van der Waals surface area contributed by atoms with Gasteiger partial charge in [-0.25, -0.2) is 13.6 Å². The van der Waals surface area contributed by atoms with Gasteiger partial charge in [-0.3, -0.25) is 4.79 Å². The molecule has 0 saturated carbocycles. The number of hydrogen-bond donors (Lipinski definition) is 3. The molecule has 1 aliphatic rings. The predicted molar refractivity (Wildman–Crippen MR) is 87.8 cm³/mol. The molecule has 2 rings (SSSR count). The van der Waals surface area contributed by atoms with Crippen LogP contribution in [0.1, 0.15) is 5.56 Å². The standard InChI is InChI=1S/C15H19N5O3S/c16-9-13(15(21)20-7-5-18-6-8-20)11-19-10-12-1-3-14(4-2-12)24(17,22)23/h1-4,11,18-19H,5-8,10H2,(H2,17,22,23)/b13-11-. The molecule has 0 unspecified atom stereocenters. The van der Waals surface area contributed by atoms with Crippen LogP contribution in [0.2, 0.25) is 0 Å². The monoisotopic (exact) mass is 349 g/mol. The maximum Gasteiger partial charge on any atom is 0.266 e. The molecule has 9 heteroatoms. The van der Waals surface area contributed by atoms with E-state index in [1.54, 1.807) is 17.0 Å². The SMILES string of the molecule is N#C/C(=C/NCc1ccc(S(N)(=O)=O)cc1)C(=O)N1CCNCC1. The van der Waals surface area contributed by atoms with Gasteiger partial charge in [-0.15, -0.1) is 0 Å². The first-order valence-electron chi connectivity index (χ1n) is 7.37. The summed E-state index contributed by atoms with van der Waals surface area (Å²) >= 11 is 0. The largest absolute Gasteiger partial charge is 0.386 e. The van der Waals surface area contributed by atoms with E-state index in [4.69, 9.17) is 10.4 Å². The van der Waals surface area contributed by atoms with E-state index in [1.165, 1.54) is 18.3 Å². The van der Waals surface area contributed by atoms with E-state index in [0.717, 1.165) is 5.56 Å². The zero-order valence-electron chi connectivity index (χ0n) is 13.0. The zero-order chi connectivity index (χ0) is 17.6. The van der Waals surface area contributed by atoms with Crippen LogP contribution in [0.15, 0.2) is 40.9 Å². The van der Waals surface area contributed by atoms with Gasteiger partial charge in [0.15, 0.2) is 0 Å². The number of hydrogen-bond acceptors (Lipinski definition) is 6. The van der Waals surface area contributed by atoms with Gasteiger partial charge >= 0.3 is 0 Å². The summed E-state index contributed by atoms with van der Waals surface area (Å²) in [6.45, 7) is 2.94. The molecule has 0 aliphatic carbocycles. The minimum absolute atomic E-state index is 0.0355. The average Bonchev–Trinajstić information content (AvgIpc) is 2.58. The smallest absolute Gasteiger partial charge is 0.266 e. The van der Waals surface area contributed by atoms with Gasteiger partial charge in [0.2, 0.25) is 10.0 Å². The van der Waals surface area contributed by atoms with Crippen molar-refractivity contribution in [3.8, 4) is 6.07 Å². The Bertz CT molecular complexity index is 759. The fraction of sp³-hybridized carbons (Fsp3) is 0.333. The van der Waals surface area contributed by atoms with Crippen LogP contribution in [-0.2, 0) is 21.4 Å². The third-order valence-corrected chi connectivity index (χ3v) is 4.49. The summed E-state index contributed by atoms with van der Waals surface area (Å²) in [5, 5.41) is 20.2. The topological polar surface area (TPSA) is 128 Å². The van der Waals surface area contributed by atoms with Crippen LogP contribution in [0.3, 0.4) is 0 Å². The second-order valence-electron chi connectivity index (χ2n) is 5.28. The fourth-order valence-electron chi connectivity index (χ4n) is 2.25. The van der Waals surface area contributed by atoms with Crippen LogP contribution in [0.25, 0.3) is 0 Å². The van der Waals surface area contributed by atoms with E-state index in [9.17, 15) is 13.2 Å². The second kappa shape index (κ2) is 7.92. The molecule has 1 amide bonds. The molecule has 1 aromatic carbocycles. The lowest BCUT2D eigenvalue weighted by Crippen LogP contribution is -2.46. The van der Waals surface area contributed by atoms with Crippen molar-refractivity contribution >= 4 is 15.9 Å². The van der Waals surface area contributed by atoms with Crippen molar-refractivity contribution in [1.82, 2.24) is 15.5 Å². The minimum Gasteiger partial charge on any atom is -0.386 e. The summed E-state index contributed by atoms with van der Waals surface area (Å²) in [7, 11) is -3.71. The zero-order valence-corrected chi connectivity index (χ0v) is 13.8. The number of nitriles is 1. The maximum atomic E-state index is 12.2. The van der Waals surface area contributed by atoms with Gasteiger partial charge in [0, 0.05) is 38.9 Å². The van der Waals surface area contributed by atoms with E-state index < -0.39 is 10.0 Å². The Labute approximate surface area is 141 Å². The Kier molecular flexibility index (Phi) is 5.92. The van der Waals surface area contributed by atoms with Gasteiger partial charge in [-0.05, 0) is 17.7 Å². The number of nitrogens with one attached hydrogen (secondary N) is 2. The summed E-state index contributed by atoms with van der Waals surface area (Å²) in [6.07, 6.45) is 1.39. The summed E-state index contributed by atoms with van der Waals surface area (Å²) < 4.78 is 22.4. The number of nitrogens with zero attached hydrogens (tertiary/aromatic N) is 2. The number of sulfonamides is 1. The molecule has 4 N–H and O–H groups in total. The number of amides is 1. The molecule has 128 valence electrons. The lowest BCUT2D eigenvalue weighted by atomic mass is 10.2. The highest BCUT2D eigenvalue weighted by Crippen LogP contribution is 2.09. The summed E-state index contributed by atoms with van der Waals surface area (Å²) in [5.41, 5.74) is 0.837. The molecular formula is C15H19N5O3S. The Balaban J connectivity index is 1.96. The predicted octanol–water partition coefficient (Wildman–Crippen LogP) is -0.737. The fourth-order valence-corrected chi connectivity index (χ4v) is 2.76. The van der Waals surface area contributed by atoms with Gasteiger partial charge in [0.25, 0.3) is 5.91 Å². The van der Waals surface area contributed by atoms with Crippen molar-refractivity contribution in [3.05, 3.63) is 41.6 Å². The van der Waals surface area contributed by atoms with Crippen molar-refractivity contribution in [1.29, 1.82) is 5.26 Å². The molecule has 8 nitrogen and oxygen atoms in total. The molecule has 0 atom stereocenters. The number of carbonyl (C=O) groups excluding carboxylic acids is 1. The summed E-state index contributed by atoms with van der Waals surface area (Å²) in [5.74, 6) is -0.295. The molecule has 1 aromatic rings. The highest BCUT2D eigenvalue weighted by molar-refractivity contribution is 7.89. The summed E-state index contributed by atoms with van der Waals surface area (Å²) in [4.78, 5) is 13.9. The van der Waals surface area contributed by atoms with Crippen molar-refractivity contribution in [3.63, 3.8) is 0 Å². The first-order valence-corrected chi connectivity index (χ1v) is 8.92. The van der Waals surface area contributed by atoms with E-state index in [1.807, 2.05) is 6.07 Å². The van der Waals surface area contributed by atoms with E-state index in [-0.39, 0.29) is 16.4 Å². The van der Waals surface area contributed by atoms with Crippen LogP contribution >= 0.6 is 0 Å². The molecule has 0 spiro atoms. The molecule has 0 radical (unpaired) electrons. The molecule has 1 fully saturated rings. The van der Waals surface area contributed by atoms with Gasteiger partial charge < -0.3 is 15.5 Å². The Morgan fingerprint density at radius 3 is 2.50 bits per heavy atom. The Hall–Kier alpha value is -2.41. The number of rotatable bonds is 5. The lowest BCUT2D eigenvalue weighted by molar-refractivity contribution is -0.127. The van der Waals surface area contributed by atoms with E-state index in [0.29, 0.717) is 32.7 Å². The Morgan fingerprint density at radius 2 is 1.96 bits per heavy atom.